The van der Waals surface area contributed by atoms with Gasteiger partial charge in [0, 0.05) is 11.7 Å². The number of amides is 1. The summed E-state index contributed by atoms with van der Waals surface area (Å²) in [5.74, 6) is -0.132. The van der Waals surface area contributed by atoms with Crippen LogP contribution in [0.25, 0.3) is 10.8 Å². The fraction of sp³-hybridized carbons (Fsp3) is 0.182. The van der Waals surface area contributed by atoms with Crippen LogP contribution in [0.5, 0.6) is 0 Å². The number of nitriles is 1. The van der Waals surface area contributed by atoms with Crippen LogP contribution in [-0.2, 0) is 4.79 Å². The van der Waals surface area contributed by atoms with E-state index in [1.165, 1.54) is 10.8 Å². The quantitative estimate of drug-likeness (QED) is 0.722. The molecule has 0 aliphatic carbocycles. The maximum atomic E-state index is 12.4. The predicted octanol–water partition coefficient (Wildman–Crippen LogP) is 4.39. The van der Waals surface area contributed by atoms with Crippen molar-refractivity contribution < 1.29 is 4.79 Å². The molecule has 130 valence electrons. The lowest BCUT2D eigenvalue weighted by molar-refractivity contribution is -0.117. The molecule has 2 N–H and O–H groups in total. The third-order valence-electron chi connectivity index (χ3n) is 4.43. The highest BCUT2D eigenvalue weighted by atomic mass is 16.2. The number of hydrogen-bond donors (Lipinski definition) is 2. The molecule has 0 bridgehead atoms. The van der Waals surface area contributed by atoms with Crippen LogP contribution in [-0.4, -0.2) is 11.9 Å². The van der Waals surface area contributed by atoms with Gasteiger partial charge in [-0.05, 0) is 54.4 Å². The molecule has 0 fully saturated rings. The SMILES string of the molecule is CC(NC(C)c1ccc2ccccc2c1)C(=O)Nc1cccc(C#N)c1. The fourth-order valence-electron chi connectivity index (χ4n) is 2.94. The first-order valence-corrected chi connectivity index (χ1v) is 8.62. The van der Waals surface area contributed by atoms with Crippen LogP contribution >= 0.6 is 0 Å². The van der Waals surface area contributed by atoms with Crippen molar-refractivity contribution in [1.82, 2.24) is 5.32 Å². The lowest BCUT2D eigenvalue weighted by atomic mass is 10.0. The van der Waals surface area contributed by atoms with E-state index in [9.17, 15) is 4.79 Å². The standard InChI is InChI=1S/C22H21N3O/c1-15(19-11-10-18-7-3-4-8-20(18)13-19)24-16(2)22(26)25-21-9-5-6-17(12-21)14-23/h3-13,15-16,24H,1-2H3,(H,25,26). The molecule has 0 aliphatic rings. The summed E-state index contributed by atoms with van der Waals surface area (Å²) in [6.07, 6.45) is 0. The Hall–Kier alpha value is -3.16. The molecular formula is C22H21N3O. The van der Waals surface area contributed by atoms with Gasteiger partial charge >= 0.3 is 0 Å². The summed E-state index contributed by atoms with van der Waals surface area (Å²) >= 11 is 0. The van der Waals surface area contributed by atoms with Gasteiger partial charge in [0.1, 0.15) is 0 Å². The summed E-state index contributed by atoms with van der Waals surface area (Å²) in [6, 6.07) is 23.2. The van der Waals surface area contributed by atoms with Gasteiger partial charge in [-0.25, -0.2) is 0 Å². The fourth-order valence-corrected chi connectivity index (χ4v) is 2.94. The monoisotopic (exact) mass is 343 g/mol. The van der Waals surface area contributed by atoms with Crippen LogP contribution in [0.2, 0.25) is 0 Å². The second-order valence-electron chi connectivity index (χ2n) is 6.40. The van der Waals surface area contributed by atoms with Crippen LogP contribution in [0.4, 0.5) is 5.69 Å². The number of carbonyl (C=O) groups excluding carboxylic acids is 1. The van der Waals surface area contributed by atoms with Gasteiger partial charge in [-0.3, -0.25) is 10.1 Å². The van der Waals surface area contributed by atoms with Crippen LogP contribution in [0, 0.1) is 11.3 Å². The van der Waals surface area contributed by atoms with Crippen molar-refractivity contribution in [3.05, 3.63) is 77.9 Å². The zero-order valence-electron chi connectivity index (χ0n) is 14.9. The number of rotatable bonds is 5. The molecule has 1 amide bonds. The summed E-state index contributed by atoms with van der Waals surface area (Å²) in [5.41, 5.74) is 2.28. The molecule has 3 rings (SSSR count). The predicted molar refractivity (Wildman–Crippen MR) is 105 cm³/mol. The third kappa shape index (κ3) is 4.08. The molecule has 0 saturated carbocycles. The first-order valence-electron chi connectivity index (χ1n) is 8.62. The Morgan fingerprint density at radius 2 is 1.73 bits per heavy atom. The van der Waals surface area contributed by atoms with E-state index < -0.39 is 0 Å². The van der Waals surface area contributed by atoms with E-state index in [-0.39, 0.29) is 18.0 Å². The van der Waals surface area contributed by atoms with E-state index in [4.69, 9.17) is 5.26 Å². The van der Waals surface area contributed by atoms with Gasteiger partial charge in [0.05, 0.1) is 17.7 Å². The van der Waals surface area contributed by atoms with Crippen molar-refractivity contribution in [2.45, 2.75) is 25.9 Å². The Morgan fingerprint density at radius 3 is 2.50 bits per heavy atom. The summed E-state index contributed by atoms with van der Waals surface area (Å²) in [5, 5.41) is 17.5. The minimum absolute atomic E-state index is 0.0331. The Labute approximate surface area is 153 Å². The van der Waals surface area contributed by atoms with E-state index >= 15 is 0 Å². The van der Waals surface area contributed by atoms with Gasteiger partial charge in [0.15, 0.2) is 0 Å². The molecule has 0 radical (unpaired) electrons. The average molecular weight is 343 g/mol. The van der Waals surface area contributed by atoms with Crippen molar-refractivity contribution in [1.29, 1.82) is 5.26 Å². The van der Waals surface area contributed by atoms with Gasteiger partial charge in [0.2, 0.25) is 5.91 Å². The average Bonchev–Trinajstić information content (AvgIpc) is 2.67. The van der Waals surface area contributed by atoms with Crippen molar-refractivity contribution in [2.75, 3.05) is 5.32 Å². The van der Waals surface area contributed by atoms with E-state index in [0.717, 1.165) is 5.56 Å². The van der Waals surface area contributed by atoms with Crippen molar-refractivity contribution in [2.24, 2.45) is 0 Å². The zero-order chi connectivity index (χ0) is 18.5. The van der Waals surface area contributed by atoms with Gasteiger partial charge < -0.3 is 5.32 Å². The number of benzene rings is 3. The molecule has 3 aromatic carbocycles. The van der Waals surface area contributed by atoms with E-state index in [1.54, 1.807) is 24.3 Å². The smallest absolute Gasteiger partial charge is 0.241 e. The number of hydrogen-bond acceptors (Lipinski definition) is 3. The van der Waals surface area contributed by atoms with Crippen molar-refractivity contribution in [3.8, 4) is 6.07 Å². The normalized spacial score (nSPS) is 13.0. The van der Waals surface area contributed by atoms with Crippen LogP contribution < -0.4 is 10.6 Å². The summed E-state index contributed by atoms with van der Waals surface area (Å²) in [4.78, 5) is 12.4. The molecule has 0 heterocycles. The summed E-state index contributed by atoms with van der Waals surface area (Å²) in [6.45, 7) is 3.88. The number of nitrogens with zero attached hydrogens (tertiary/aromatic N) is 1. The van der Waals surface area contributed by atoms with Crippen LogP contribution in [0.15, 0.2) is 66.7 Å². The molecule has 4 heteroatoms. The summed E-state index contributed by atoms with van der Waals surface area (Å²) < 4.78 is 0. The molecule has 0 aromatic heterocycles. The van der Waals surface area contributed by atoms with Gasteiger partial charge in [-0.2, -0.15) is 5.26 Å². The lowest BCUT2D eigenvalue weighted by Gasteiger charge is -2.20. The molecule has 2 atom stereocenters. The maximum absolute atomic E-state index is 12.4. The first kappa shape index (κ1) is 17.7. The second kappa shape index (κ2) is 7.81. The third-order valence-corrected chi connectivity index (χ3v) is 4.43. The van der Waals surface area contributed by atoms with E-state index in [1.807, 2.05) is 26.0 Å². The molecule has 3 aromatic rings. The molecule has 4 nitrogen and oxygen atoms in total. The van der Waals surface area contributed by atoms with Gasteiger partial charge in [-0.1, -0.05) is 42.5 Å². The number of carbonyl (C=O) groups is 1. The number of nitrogens with one attached hydrogen (secondary N) is 2. The number of anilines is 1. The van der Waals surface area contributed by atoms with Gasteiger partial charge in [0.25, 0.3) is 0 Å². The Bertz CT molecular complexity index is 974. The zero-order valence-corrected chi connectivity index (χ0v) is 14.9. The molecule has 2 unspecified atom stereocenters. The van der Waals surface area contributed by atoms with Gasteiger partial charge in [-0.15, -0.1) is 0 Å². The molecule has 0 aliphatic heterocycles. The van der Waals surface area contributed by atoms with Crippen molar-refractivity contribution >= 4 is 22.4 Å². The highest BCUT2D eigenvalue weighted by molar-refractivity contribution is 5.94. The lowest BCUT2D eigenvalue weighted by Crippen LogP contribution is -2.39. The largest absolute Gasteiger partial charge is 0.325 e. The molecular weight excluding hydrogens is 322 g/mol. The van der Waals surface area contributed by atoms with E-state index in [0.29, 0.717) is 11.3 Å². The topological polar surface area (TPSA) is 64.9 Å². The maximum Gasteiger partial charge on any atom is 0.241 e. The molecule has 0 spiro atoms. The van der Waals surface area contributed by atoms with Crippen molar-refractivity contribution in [3.63, 3.8) is 0 Å². The number of fused-ring (bicyclic) bond motifs is 1. The minimum Gasteiger partial charge on any atom is -0.325 e. The summed E-state index contributed by atoms with van der Waals surface area (Å²) in [7, 11) is 0. The van der Waals surface area contributed by atoms with Crippen LogP contribution in [0.3, 0.4) is 0 Å². The molecule has 26 heavy (non-hydrogen) atoms. The highest BCUT2D eigenvalue weighted by Crippen LogP contribution is 2.20. The van der Waals surface area contributed by atoms with E-state index in [2.05, 4.69) is 47.0 Å². The Morgan fingerprint density at radius 1 is 0.962 bits per heavy atom. The van der Waals surface area contributed by atoms with Crippen LogP contribution in [0.1, 0.15) is 31.0 Å². The first-order chi connectivity index (χ1) is 12.6. The molecule has 0 saturated heterocycles. The second-order valence-corrected chi connectivity index (χ2v) is 6.40. The Kier molecular flexibility index (Phi) is 5.31. The Balaban J connectivity index is 1.66. The highest BCUT2D eigenvalue weighted by Gasteiger charge is 2.16. The minimum atomic E-state index is -0.373.